The van der Waals surface area contributed by atoms with Crippen molar-refractivity contribution in [2.24, 2.45) is 16.7 Å². The van der Waals surface area contributed by atoms with Gasteiger partial charge in [0.1, 0.15) is 0 Å². The highest BCUT2D eigenvalue weighted by Gasteiger charge is 2.61. The van der Waals surface area contributed by atoms with Gasteiger partial charge in [-0.1, -0.05) is 20.8 Å². The van der Waals surface area contributed by atoms with Crippen LogP contribution in [0.4, 0.5) is 5.69 Å². The summed E-state index contributed by atoms with van der Waals surface area (Å²) < 4.78 is 0. The summed E-state index contributed by atoms with van der Waals surface area (Å²) in [6.07, 6.45) is 3.53. The van der Waals surface area contributed by atoms with Gasteiger partial charge in [-0.15, -0.1) is 0 Å². The zero-order valence-electron chi connectivity index (χ0n) is 12.7. The van der Waals surface area contributed by atoms with Gasteiger partial charge in [-0.3, -0.25) is 9.89 Å². The molecule has 0 spiro atoms. The maximum atomic E-state index is 12.4. The molecule has 0 radical (unpaired) electrons. The third-order valence-electron chi connectivity index (χ3n) is 6.31. The van der Waals surface area contributed by atoms with Crippen molar-refractivity contribution < 1.29 is 4.79 Å². The number of anilines is 1. The van der Waals surface area contributed by atoms with Gasteiger partial charge in [0.25, 0.3) is 5.91 Å². The first kappa shape index (κ1) is 13.5. The summed E-state index contributed by atoms with van der Waals surface area (Å²) in [7, 11) is 0. The molecule has 2 bridgehead atoms. The van der Waals surface area contributed by atoms with Crippen LogP contribution in [-0.2, 0) is 0 Å². The van der Waals surface area contributed by atoms with E-state index >= 15 is 0 Å². The molecular formula is C15H24N4O. The number of amides is 1. The monoisotopic (exact) mass is 276 g/mol. The summed E-state index contributed by atoms with van der Waals surface area (Å²) in [6.45, 7) is 8.80. The van der Waals surface area contributed by atoms with E-state index in [1.165, 1.54) is 12.8 Å². The number of carbonyl (C=O) groups excluding carboxylic acids is 1. The van der Waals surface area contributed by atoms with Crippen LogP contribution in [0.3, 0.4) is 0 Å². The summed E-state index contributed by atoms with van der Waals surface area (Å²) in [4.78, 5) is 12.4. The maximum Gasteiger partial charge on any atom is 0.274 e. The van der Waals surface area contributed by atoms with Crippen LogP contribution in [0.1, 0.15) is 56.2 Å². The summed E-state index contributed by atoms with van der Waals surface area (Å²) >= 11 is 0. The fraction of sp³-hybridized carbons (Fsp3) is 0.733. The molecule has 1 amide bonds. The van der Waals surface area contributed by atoms with E-state index in [4.69, 9.17) is 5.73 Å². The van der Waals surface area contributed by atoms with Gasteiger partial charge in [0.2, 0.25) is 0 Å². The van der Waals surface area contributed by atoms with Crippen LogP contribution in [0.5, 0.6) is 0 Å². The molecule has 2 aliphatic carbocycles. The molecule has 1 aromatic rings. The number of carbonyl (C=O) groups is 1. The number of H-pyrrole nitrogens is 1. The first-order valence-corrected chi connectivity index (χ1v) is 7.38. The predicted molar refractivity (Wildman–Crippen MR) is 78.2 cm³/mol. The number of nitrogens with one attached hydrogen (secondary N) is 2. The van der Waals surface area contributed by atoms with Crippen molar-refractivity contribution in [1.82, 2.24) is 15.5 Å². The fourth-order valence-corrected chi connectivity index (χ4v) is 4.26. The minimum absolute atomic E-state index is 0.151. The number of nitrogens with zero attached hydrogens (tertiary/aromatic N) is 1. The largest absolute Gasteiger partial charge is 0.395 e. The Hall–Kier alpha value is -1.52. The number of fused-ring (bicyclic) bond motifs is 2. The minimum Gasteiger partial charge on any atom is -0.395 e. The molecule has 1 aromatic heterocycles. The molecule has 2 saturated carbocycles. The zero-order chi connectivity index (χ0) is 14.7. The van der Waals surface area contributed by atoms with Crippen molar-refractivity contribution in [3.8, 4) is 0 Å². The van der Waals surface area contributed by atoms with Gasteiger partial charge in [0.15, 0.2) is 5.69 Å². The normalized spacial score (nSPS) is 34.4. The Morgan fingerprint density at radius 3 is 2.60 bits per heavy atom. The highest BCUT2D eigenvalue weighted by Crippen LogP contribution is 2.65. The van der Waals surface area contributed by atoms with Gasteiger partial charge in [0.05, 0.1) is 11.4 Å². The third kappa shape index (κ3) is 1.55. The predicted octanol–water partition coefficient (Wildman–Crippen LogP) is 2.24. The lowest BCUT2D eigenvalue weighted by molar-refractivity contribution is 0.0822. The van der Waals surface area contributed by atoms with E-state index in [1.54, 1.807) is 0 Å². The molecule has 4 N–H and O–H groups in total. The molecule has 0 aliphatic heterocycles. The van der Waals surface area contributed by atoms with Gasteiger partial charge in [-0.2, -0.15) is 5.10 Å². The second-order valence-corrected chi connectivity index (χ2v) is 7.25. The molecule has 110 valence electrons. The molecule has 0 aromatic carbocycles. The first-order valence-electron chi connectivity index (χ1n) is 7.38. The molecule has 2 fully saturated rings. The Kier molecular flexibility index (Phi) is 2.69. The van der Waals surface area contributed by atoms with Crippen molar-refractivity contribution >= 4 is 11.6 Å². The van der Waals surface area contributed by atoms with E-state index < -0.39 is 0 Å². The molecule has 3 rings (SSSR count). The molecule has 2 aliphatic rings. The Morgan fingerprint density at radius 1 is 1.45 bits per heavy atom. The Labute approximate surface area is 119 Å². The Bertz CT molecular complexity index is 562. The van der Waals surface area contributed by atoms with Gasteiger partial charge in [-0.05, 0) is 42.9 Å². The molecule has 1 heterocycles. The number of rotatable bonds is 2. The minimum atomic E-state index is -0.151. The van der Waals surface area contributed by atoms with Crippen LogP contribution >= 0.6 is 0 Å². The van der Waals surface area contributed by atoms with Crippen molar-refractivity contribution in [3.63, 3.8) is 0 Å². The van der Waals surface area contributed by atoms with Crippen LogP contribution in [0.15, 0.2) is 0 Å². The van der Waals surface area contributed by atoms with Gasteiger partial charge >= 0.3 is 0 Å². The molecular weight excluding hydrogens is 252 g/mol. The standard InChI is InChI=1S/C15H24N4O/c1-8-11(16)12(19-18-8)13(20)17-10-7-9-5-6-15(10,4)14(9,2)3/h9-10H,5-7,16H2,1-4H3,(H,17,20)(H,18,19). The van der Waals surface area contributed by atoms with Crippen molar-refractivity contribution in [1.29, 1.82) is 0 Å². The number of hydrogen-bond donors (Lipinski definition) is 3. The molecule has 5 nitrogen and oxygen atoms in total. The summed E-state index contributed by atoms with van der Waals surface area (Å²) in [6, 6.07) is 0.222. The van der Waals surface area contributed by atoms with E-state index in [1.807, 2.05) is 6.92 Å². The van der Waals surface area contributed by atoms with E-state index in [0.717, 1.165) is 12.1 Å². The Morgan fingerprint density at radius 2 is 2.15 bits per heavy atom. The lowest BCUT2D eigenvalue weighted by atomic mass is 9.69. The fourth-order valence-electron chi connectivity index (χ4n) is 4.26. The Balaban J connectivity index is 1.80. The second kappa shape index (κ2) is 3.99. The van der Waals surface area contributed by atoms with Gasteiger partial charge in [0, 0.05) is 6.04 Å². The molecule has 3 atom stereocenters. The van der Waals surface area contributed by atoms with Gasteiger partial charge < -0.3 is 11.1 Å². The number of aromatic amines is 1. The first-order chi connectivity index (χ1) is 9.27. The highest BCUT2D eigenvalue weighted by atomic mass is 16.2. The maximum absolute atomic E-state index is 12.4. The average Bonchev–Trinajstić information content (AvgIpc) is 2.88. The molecule has 20 heavy (non-hydrogen) atoms. The van der Waals surface area contributed by atoms with E-state index in [2.05, 4.69) is 36.3 Å². The molecule has 3 unspecified atom stereocenters. The smallest absolute Gasteiger partial charge is 0.274 e. The van der Waals surface area contributed by atoms with Gasteiger partial charge in [-0.25, -0.2) is 0 Å². The lowest BCUT2D eigenvalue weighted by Crippen LogP contribution is -2.47. The van der Waals surface area contributed by atoms with E-state index in [0.29, 0.717) is 17.3 Å². The van der Waals surface area contributed by atoms with Crippen molar-refractivity contribution in [3.05, 3.63) is 11.4 Å². The average molecular weight is 276 g/mol. The van der Waals surface area contributed by atoms with E-state index in [-0.39, 0.29) is 22.8 Å². The van der Waals surface area contributed by atoms with Crippen LogP contribution in [0.2, 0.25) is 0 Å². The lowest BCUT2D eigenvalue weighted by Gasteiger charge is -2.39. The molecule has 5 heteroatoms. The quantitative estimate of drug-likeness (QED) is 0.774. The SMILES string of the molecule is Cc1[nH]nc(C(=O)NC2CC3CCC2(C)C3(C)C)c1N. The highest BCUT2D eigenvalue weighted by molar-refractivity contribution is 5.97. The summed E-state index contributed by atoms with van der Waals surface area (Å²) in [5.41, 5.74) is 7.87. The third-order valence-corrected chi connectivity index (χ3v) is 6.31. The number of aryl methyl sites for hydroxylation is 1. The number of nitrogen functional groups attached to an aromatic ring is 1. The second-order valence-electron chi connectivity index (χ2n) is 7.25. The number of nitrogens with two attached hydrogens (primary N) is 1. The number of aromatic nitrogens is 2. The molecule has 0 saturated heterocycles. The van der Waals surface area contributed by atoms with Crippen LogP contribution in [0, 0.1) is 23.7 Å². The topological polar surface area (TPSA) is 83.8 Å². The van der Waals surface area contributed by atoms with Crippen molar-refractivity contribution in [2.75, 3.05) is 5.73 Å². The summed E-state index contributed by atoms with van der Waals surface area (Å²) in [5.74, 6) is 0.553. The van der Waals surface area contributed by atoms with Crippen LogP contribution in [-0.4, -0.2) is 22.1 Å². The number of hydrogen-bond acceptors (Lipinski definition) is 3. The van der Waals surface area contributed by atoms with Crippen LogP contribution in [0.25, 0.3) is 0 Å². The van der Waals surface area contributed by atoms with Crippen LogP contribution < -0.4 is 11.1 Å². The summed E-state index contributed by atoms with van der Waals surface area (Å²) in [5, 5.41) is 9.96. The van der Waals surface area contributed by atoms with E-state index in [9.17, 15) is 4.79 Å². The zero-order valence-corrected chi connectivity index (χ0v) is 12.7. The van der Waals surface area contributed by atoms with Crippen molar-refractivity contribution in [2.45, 2.75) is 53.0 Å².